The lowest BCUT2D eigenvalue weighted by Gasteiger charge is -2.38. The summed E-state index contributed by atoms with van der Waals surface area (Å²) in [7, 11) is 0. The molecular formula is C19H31N. The van der Waals surface area contributed by atoms with Gasteiger partial charge in [0.05, 0.1) is 0 Å². The molecule has 0 aromatic heterocycles. The van der Waals surface area contributed by atoms with Gasteiger partial charge in [-0.25, -0.2) is 0 Å². The Morgan fingerprint density at radius 2 is 1.90 bits per heavy atom. The third kappa shape index (κ3) is 4.63. The van der Waals surface area contributed by atoms with Gasteiger partial charge < -0.3 is 5.32 Å². The van der Waals surface area contributed by atoms with Crippen molar-refractivity contribution >= 4 is 0 Å². The Hall–Kier alpha value is -0.820. The minimum Gasteiger partial charge on any atom is -0.311 e. The first-order chi connectivity index (χ1) is 9.54. The van der Waals surface area contributed by atoms with E-state index in [1.807, 2.05) is 0 Å². The summed E-state index contributed by atoms with van der Waals surface area (Å²) in [5, 5.41) is 3.80. The SMILES string of the molecule is Cc1cccc(C2CC(NC(C)CCCC(C)C)C2)c1. The van der Waals surface area contributed by atoms with Crippen molar-refractivity contribution in [2.75, 3.05) is 0 Å². The molecule has 0 spiro atoms. The highest BCUT2D eigenvalue weighted by molar-refractivity contribution is 5.27. The molecule has 1 fully saturated rings. The quantitative estimate of drug-likeness (QED) is 0.733. The zero-order chi connectivity index (χ0) is 14.5. The molecule has 0 bridgehead atoms. The van der Waals surface area contributed by atoms with Crippen LogP contribution >= 0.6 is 0 Å². The fourth-order valence-corrected chi connectivity index (χ4v) is 3.27. The number of hydrogen-bond donors (Lipinski definition) is 1. The minimum atomic E-state index is 0.678. The van der Waals surface area contributed by atoms with E-state index in [4.69, 9.17) is 0 Å². The Kier molecular flexibility index (Phi) is 5.65. The molecule has 1 aromatic carbocycles. The zero-order valence-corrected chi connectivity index (χ0v) is 13.7. The smallest absolute Gasteiger partial charge is 0.00812 e. The average Bonchev–Trinajstić information content (AvgIpc) is 2.32. The van der Waals surface area contributed by atoms with Gasteiger partial charge in [0.15, 0.2) is 0 Å². The molecular weight excluding hydrogens is 242 g/mol. The van der Waals surface area contributed by atoms with Crippen LogP contribution in [0.5, 0.6) is 0 Å². The number of aryl methyl sites for hydroxylation is 1. The number of hydrogen-bond acceptors (Lipinski definition) is 1. The van der Waals surface area contributed by atoms with Crippen LogP contribution in [0.1, 0.15) is 69.9 Å². The minimum absolute atomic E-state index is 0.678. The summed E-state index contributed by atoms with van der Waals surface area (Å²) in [6.07, 6.45) is 6.68. The molecule has 1 N–H and O–H groups in total. The van der Waals surface area contributed by atoms with Crippen LogP contribution in [0, 0.1) is 12.8 Å². The summed E-state index contributed by atoms with van der Waals surface area (Å²) >= 11 is 0. The van der Waals surface area contributed by atoms with E-state index in [0.29, 0.717) is 6.04 Å². The van der Waals surface area contributed by atoms with E-state index >= 15 is 0 Å². The van der Waals surface area contributed by atoms with Gasteiger partial charge in [-0.1, -0.05) is 56.5 Å². The van der Waals surface area contributed by atoms with Crippen molar-refractivity contribution in [2.45, 2.75) is 77.8 Å². The first-order valence-electron chi connectivity index (χ1n) is 8.37. The van der Waals surface area contributed by atoms with Crippen LogP contribution < -0.4 is 5.32 Å². The summed E-state index contributed by atoms with van der Waals surface area (Å²) in [6, 6.07) is 10.5. The second-order valence-corrected chi connectivity index (χ2v) is 7.17. The van der Waals surface area contributed by atoms with Crippen molar-refractivity contribution in [2.24, 2.45) is 5.92 Å². The third-order valence-corrected chi connectivity index (χ3v) is 4.59. The van der Waals surface area contributed by atoms with Gasteiger partial charge >= 0.3 is 0 Å². The molecule has 2 rings (SSSR count). The van der Waals surface area contributed by atoms with Gasteiger partial charge in [-0.05, 0) is 50.5 Å². The van der Waals surface area contributed by atoms with Crippen molar-refractivity contribution in [3.63, 3.8) is 0 Å². The predicted octanol–water partition coefficient (Wildman–Crippen LogP) is 5.05. The molecule has 1 aromatic rings. The van der Waals surface area contributed by atoms with Crippen molar-refractivity contribution < 1.29 is 0 Å². The number of nitrogens with one attached hydrogen (secondary N) is 1. The Balaban J connectivity index is 1.66. The highest BCUT2D eigenvalue weighted by Gasteiger charge is 2.30. The standard InChI is InChI=1S/C19H31N/c1-14(2)7-5-9-16(4)20-19-12-18(13-19)17-10-6-8-15(3)11-17/h6,8,10-11,14,16,18-20H,5,7,9,12-13H2,1-4H3. The lowest BCUT2D eigenvalue weighted by Crippen LogP contribution is -2.44. The molecule has 0 aliphatic heterocycles. The average molecular weight is 273 g/mol. The molecule has 1 atom stereocenters. The second kappa shape index (κ2) is 7.26. The van der Waals surface area contributed by atoms with Crippen molar-refractivity contribution in [3.05, 3.63) is 35.4 Å². The lowest BCUT2D eigenvalue weighted by molar-refractivity contribution is 0.262. The van der Waals surface area contributed by atoms with Crippen molar-refractivity contribution in [1.82, 2.24) is 5.32 Å². The number of rotatable bonds is 7. The summed E-state index contributed by atoms with van der Waals surface area (Å²) in [5.41, 5.74) is 2.93. The highest BCUT2D eigenvalue weighted by atomic mass is 15.0. The van der Waals surface area contributed by atoms with E-state index in [9.17, 15) is 0 Å². The second-order valence-electron chi connectivity index (χ2n) is 7.17. The third-order valence-electron chi connectivity index (χ3n) is 4.59. The van der Waals surface area contributed by atoms with Crippen LogP contribution in [0.4, 0.5) is 0 Å². The molecule has 1 saturated carbocycles. The zero-order valence-electron chi connectivity index (χ0n) is 13.7. The van der Waals surface area contributed by atoms with Crippen molar-refractivity contribution in [3.8, 4) is 0 Å². The van der Waals surface area contributed by atoms with E-state index < -0.39 is 0 Å². The first-order valence-corrected chi connectivity index (χ1v) is 8.37. The van der Waals surface area contributed by atoms with E-state index in [1.165, 1.54) is 43.2 Å². The summed E-state index contributed by atoms with van der Waals surface area (Å²) < 4.78 is 0. The maximum absolute atomic E-state index is 3.80. The van der Waals surface area contributed by atoms with Crippen LogP contribution in [-0.2, 0) is 0 Å². The molecule has 1 nitrogen and oxygen atoms in total. The van der Waals surface area contributed by atoms with Crippen LogP contribution in [0.15, 0.2) is 24.3 Å². The van der Waals surface area contributed by atoms with Gasteiger partial charge in [0.1, 0.15) is 0 Å². The van der Waals surface area contributed by atoms with Gasteiger partial charge in [0.2, 0.25) is 0 Å². The molecule has 1 aliphatic carbocycles. The van der Waals surface area contributed by atoms with Crippen LogP contribution in [0.3, 0.4) is 0 Å². The van der Waals surface area contributed by atoms with Gasteiger partial charge in [-0.2, -0.15) is 0 Å². The Labute approximate surface area is 125 Å². The Morgan fingerprint density at radius 1 is 1.15 bits per heavy atom. The molecule has 0 saturated heterocycles. The molecule has 1 unspecified atom stereocenters. The van der Waals surface area contributed by atoms with Crippen LogP contribution in [0.25, 0.3) is 0 Å². The summed E-state index contributed by atoms with van der Waals surface area (Å²) in [6.45, 7) is 9.17. The maximum atomic E-state index is 3.80. The van der Waals surface area contributed by atoms with Crippen LogP contribution in [0.2, 0.25) is 0 Å². The fraction of sp³-hybridized carbons (Fsp3) is 0.684. The molecule has 0 amide bonds. The number of benzene rings is 1. The lowest BCUT2D eigenvalue weighted by atomic mass is 9.75. The topological polar surface area (TPSA) is 12.0 Å². The molecule has 1 aliphatic rings. The van der Waals surface area contributed by atoms with E-state index in [-0.39, 0.29) is 0 Å². The predicted molar refractivity (Wildman–Crippen MR) is 88.2 cm³/mol. The molecule has 0 heterocycles. The maximum Gasteiger partial charge on any atom is 0.00812 e. The van der Waals surface area contributed by atoms with Crippen molar-refractivity contribution in [1.29, 1.82) is 0 Å². The fourth-order valence-electron chi connectivity index (χ4n) is 3.27. The van der Waals surface area contributed by atoms with Gasteiger partial charge in [0.25, 0.3) is 0 Å². The van der Waals surface area contributed by atoms with E-state index in [0.717, 1.165) is 17.9 Å². The van der Waals surface area contributed by atoms with E-state index in [1.54, 1.807) is 0 Å². The summed E-state index contributed by atoms with van der Waals surface area (Å²) in [4.78, 5) is 0. The Bertz CT molecular complexity index is 404. The normalized spacial score (nSPS) is 23.6. The molecule has 1 heteroatoms. The van der Waals surface area contributed by atoms with Gasteiger partial charge in [0, 0.05) is 12.1 Å². The monoisotopic (exact) mass is 273 g/mol. The molecule has 0 radical (unpaired) electrons. The van der Waals surface area contributed by atoms with E-state index in [2.05, 4.69) is 57.3 Å². The molecule has 20 heavy (non-hydrogen) atoms. The summed E-state index contributed by atoms with van der Waals surface area (Å²) in [5.74, 6) is 1.63. The first kappa shape index (κ1) is 15.6. The van der Waals surface area contributed by atoms with Gasteiger partial charge in [-0.15, -0.1) is 0 Å². The Morgan fingerprint density at radius 3 is 2.55 bits per heavy atom. The largest absolute Gasteiger partial charge is 0.311 e. The van der Waals surface area contributed by atoms with Gasteiger partial charge in [-0.3, -0.25) is 0 Å². The van der Waals surface area contributed by atoms with Crippen LogP contribution in [-0.4, -0.2) is 12.1 Å². The highest BCUT2D eigenvalue weighted by Crippen LogP contribution is 2.37. The molecule has 112 valence electrons.